The summed E-state index contributed by atoms with van der Waals surface area (Å²) in [5.74, 6) is 1.66. The molecule has 0 amide bonds. The smallest absolute Gasteiger partial charge is 0.122 e. The molecule has 0 aliphatic rings. The molecule has 2 aromatic rings. The second kappa shape index (κ2) is 5.39. The number of benzene rings is 2. The first-order valence-corrected chi connectivity index (χ1v) is 5.57. The molecule has 0 aromatic heterocycles. The highest BCUT2D eigenvalue weighted by Gasteiger charge is 2.02. The fourth-order valence-electron chi connectivity index (χ4n) is 1.80. The Labute approximate surface area is 102 Å². The van der Waals surface area contributed by atoms with Gasteiger partial charge < -0.3 is 9.47 Å². The van der Waals surface area contributed by atoms with E-state index in [9.17, 15) is 0 Å². The van der Waals surface area contributed by atoms with Gasteiger partial charge in [-0.25, -0.2) is 0 Å². The monoisotopic (exact) mass is 228 g/mol. The maximum Gasteiger partial charge on any atom is 0.122 e. The highest BCUT2D eigenvalue weighted by atomic mass is 16.5. The molecule has 0 fully saturated rings. The molecule has 88 valence electrons. The molecular formula is C15H16O2. The minimum absolute atomic E-state index is 0.829. The van der Waals surface area contributed by atoms with Crippen LogP contribution in [0.25, 0.3) is 0 Å². The summed E-state index contributed by atoms with van der Waals surface area (Å²) in [4.78, 5) is 0. The van der Waals surface area contributed by atoms with E-state index in [1.54, 1.807) is 14.2 Å². The molecule has 0 radical (unpaired) electrons. The Balaban J connectivity index is 2.26. The average Bonchev–Trinajstić information content (AvgIpc) is 2.39. The summed E-state index contributed by atoms with van der Waals surface area (Å²) in [6.07, 6.45) is 0.883. The van der Waals surface area contributed by atoms with Gasteiger partial charge in [-0.1, -0.05) is 30.3 Å². The standard InChI is InChI=1S/C15H16O2/c1-16-14-9-13(10-15(11-14)17-2)8-12-6-4-3-5-7-12/h3-7,9-11H,8H2,1-2H3. The van der Waals surface area contributed by atoms with E-state index in [0.29, 0.717) is 0 Å². The van der Waals surface area contributed by atoms with E-state index in [2.05, 4.69) is 12.1 Å². The lowest BCUT2D eigenvalue weighted by Crippen LogP contribution is -1.92. The van der Waals surface area contributed by atoms with Gasteiger partial charge in [-0.2, -0.15) is 0 Å². The van der Waals surface area contributed by atoms with Gasteiger partial charge >= 0.3 is 0 Å². The van der Waals surface area contributed by atoms with Gasteiger partial charge in [0.1, 0.15) is 11.5 Å². The number of hydrogen-bond donors (Lipinski definition) is 0. The van der Waals surface area contributed by atoms with E-state index >= 15 is 0 Å². The molecule has 2 rings (SSSR count). The van der Waals surface area contributed by atoms with Crippen LogP contribution in [0, 0.1) is 0 Å². The van der Waals surface area contributed by atoms with Crippen molar-refractivity contribution in [2.75, 3.05) is 14.2 Å². The van der Waals surface area contributed by atoms with Crippen molar-refractivity contribution in [3.63, 3.8) is 0 Å². The van der Waals surface area contributed by atoms with Gasteiger partial charge in [-0.05, 0) is 29.7 Å². The van der Waals surface area contributed by atoms with Crippen LogP contribution in [0.5, 0.6) is 11.5 Å². The summed E-state index contributed by atoms with van der Waals surface area (Å²) in [5.41, 5.74) is 2.47. The second-order valence-electron chi connectivity index (χ2n) is 3.88. The lowest BCUT2D eigenvalue weighted by atomic mass is 10.0. The fraction of sp³-hybridized carbons (Fsp3) is 0.200. The van der Waals surface area contributed by atoms with Crippen molar-refractivity contribution < 1.29 is 9.47 Å². The minimum atomic E-state index is 0.829. The topological polar surface area (TPSA) is 18.5 Å². The summed E-state index contributed by atoms with van der Waals surface area (Å²) in [6, 6.07) is 16.3. The van der Waals surface area contributed by atoms with Gasteiger partial charge in [-0.15, -0.1) is 0 Å². The summed E-state index contributed by atoms with van der Waals surface area (Å²) < 4.78 is 10.5. The predicted molar refractivity (Wildman–Crippen MR) is 68.8 cm³/mol. The van der Waals surface area contributed by atoms with E-state index < -0.39 is 0 Å². The maximum atomic E-state index is 5.26. The zero-order valence-electron chi connectivity index (χ0n) is 10.1. The Kier molecular flexibility index (Phi) is 3.66. The van der Waals surface area contributed by atoms with Gasteiger partial charge in [0, 0.05) is 6.07 Å². The van der Waals surface area contributed by atoms with Gasteiger partial charge in [0.25, 0.3) is 0 Å². The Morgan fingerprint density at radius 3 is 1.88 bits per heavy atom. The molecule has 2 heteroatoms. The molecular weight excluding hydrogens is 212 g/mol. The molecule has 17 heavy (non-hydrogen) atoms. The van der Waals surface area contributed by atoms with Crippen LogP contribution in [0.4, 0.5) is 0 Å². The Morgan fingerprint density at radius 2 is 1.35 bits per heavy atom. The first-order valence-electron chi connectivity index (χ1n) is 5.57. The maximum absolute atomic E-state index is 5.26. The summed E-state index contributed by atoms with van der Waals surface area (Å²) in [6.45, 7) is 0. The molecule has 2 aromatic carbocycles. The van der Waals surface area contributed by atoms with Crippen molar-refractivity contribution in [2.24, 2.45) is 0 Å². The van der Waals surface area contributed by atoms with Crippen molar-refractivity contribution in [1.82, 2.24) is 0 Å². The lowest BCUT2D eigenvalue weighted by Gasteiger charge is -2.08. The average molecular weight is 228 g/mol. The van der Waals surface area contributed by atoms with E-state index in [0.717, 1.165) is 17.9 Å². The first-order chi connectivity index (χ1) is 8.31. The van der Waals surface area contributed by atoms with Crippen molar-refractivity contribution >= 4 is 0 Å². The highest BCUT2D eigenvalue weighted by molar-refractivity contribution is 5.40. The zero-order chi connectivity index (χ0) is 12.1. The fourth-order valence-corrected chi connectivity index (χ4v) is 1.80. The molecule has 0 saturated heterocycles. The van der Waals surface area contributed by atoms with Crippen LogP contribution < -0.4 is 9.47 Å². The normalized spacial score (nSPS) is 10.0. The van der Waals surface area contributed by atoms with Crippen molar-refractivity contribution in [1.29, 1.82) is 0 Å². The highest BCUT2D eigenvalue weighted by Crippen LogP contribution is 2.24. The summed E-state index contributed by atoms with van der Waals surface area (Å²) in [5, 5.41) is 0. The molecule has 0 heterocycles. The first kappa shape index (κ1) is 11.5. The van der Waals surface area contributed by atoms with Gasteiger partial charge in [0.2, 0.25) is 0 Å². The largest absolute Gasteiger partial charge is 0.497 e. The Morgan fingerprint density at radius 1 is 0.765 bits per heavy atom. The Bertz CT molecular complexity index is 455. The molecule has 0 aliphatic heterocycles. The van der Waals surface area contributed by atoms with Gasteiger partial charge in [0.15, 0.2) is 0 Å². The molecule has 0 aliphatic carbocycles. The van der Waals surface area contributed by atoms with Crippen LogP contribution in [0.1, 0.15) is 11.1 Å². The molecule has 0 atom stereocenters. The van der Waals surface area contributed by atoms with Crippen LogP contribution >= 0.6 is 0 Å². The van der Waals surface area contributed by atoms with Crippen LogP contribution in [-0.4, -0.2) is 14.2 Å². The second-order valence-corrected chi connectivity index (χ2v) is 3.88. The van der Waals surface area contributed by atoms with E-state index in [1.807, 2.05) is 36.4 Å². The molecule has 0 unspecified atom stereocenters. The predicted octanol–water partition coefficient (Wildman–Crippen LogP) is 3.29. The quantitative estimate of drug-likeness (QED) is 0.799. The van der Waals surface area contributed by atoms with Crippen LogP contribution in [0.2, 0.25) is 0 Å². The number of hydrogen-bond acceptors (Lipinski definition) is 2. The van der Waals surface area contributed by atoms with Gasteiger partial charge in [0.05, 0.1) is 14.2 Å². The van der Waals surface area contributed by atoms with Crippen LogP contribution in [0.3, 0.4) is 0 Å². The molecule has 0 saturated carbocycles. The third-order valence-electron chi connectivity index (χ3n) is 2.66. The van der Waals surface area contributed by atoms with Crippen molar-refractivity contribution in [3.05, 3.63) is 59.7 Å². The molecule has 2 nitrogen and oxygen atoms in total. The van der Waals surface area contributed by atoms with E-state index in [4.69, 9.17) is 9.47 Å². The van der Waals surface area contributed by atoms with E-state index in [-0.39, 0.29) is 0 Å². The molecule has 0 spiro atoms. The molecule has 0 N–H and O–H groups in total. The van der Waals surface area contributed by atoms with Crippen LogP contribution in [-0.2, 0) is 6.42 Å². The number of ether oxygens (including phenoxy) is 2. The SMILES string of the molecule is COc1cc(Cc2ccccc2)cc(OC)c1. The number of methoxy groups -OCH3 is 2. The van der Waals surface area contributed by atoms with Crippen molar-refractivity contribution in [2.45, 2.75) is 6.42 Å². The van der Waals surface area contributed by atoms with Crippen molar-refractivity contribution in [3.8, 4) is 11.5 Å². The van der Waals surface area contributed by atoms with Crippen LogP contribution in [0.15, 0.2) is 48.5 Å². The Hall–Kier alpha value is -1.96. The summed E-state index contributed by atoms with van der Waals surface area (Å²) in [7, 11) is 3.34. The summed E-state index contributed by atoms with van der Waals surface area (Å²) >= 11 is 0. The zero-order valence-corrected chi connectivity index (χ0v) is 10.1. The lowest BCUT2D eigenvalue weighted by molar-refractivity contribution is 0.393. The third kappa shape index (κ3) is 3.00. The molecule has 0 bridgehead atoms. The third-order valence-corrected chi connectivity index (χ3v) is 2.66. The van der Waals surface area contributed by atoms with Gasteiger partial charge in [-0.3, -0.25) is 0 Å². The number of rotatable bonds is 4. The van der Waals surface area contributed by atoms with E-state index in [1.165, 1.54) is 11.1 Å². The minimum Gasteiger partial charge on any atom is -0.497 e.